The first-order valence-corrected chi connectivity index (χ1v) is 26.7. The quantitative estimate of drug-likeness (QED) is 0.0174. The smallest absolute Gasteiger partial charge is 0.306 e. The number of carbonyl (C=O) groups excluding carboxylic acids is 1. The van der Waals surface area contributed by atoms with Crippen LogP contribution in [0, 0.1) is 0 Å². The van der Waals surface area contributed by atoms with Crippen LogP contribution in [-0.2, 0) is 33.2 Å². The summed E-state index contributed by atoms with van der Waals surface area (Å²) in [4.78, 5) is 13.0. The van der Waals surface area contributed by atoms with Crippen LogP contribution in [0.3, 0.4) is 0 Å². The van der Waals surface area contributed by atoms with Crippen molar-refractivity contribution in [1.82, 2.24) is 0 Å². The number of hydrogen-bond donors (Lipinski definition) is 7. The lowest BCUT2D eigenvalue weighted by Crippen LogP contribution is -2.61. The Morgan fingerprint density at radius 2 is 0.912 bits per heavy atom. The highest BCUT2D eigenvalue weighted by Gasteiger charge is 2.47. The Bertz CT molecular complexity index is 1310. The van der Waals surface area contributed by atoms with E-state index in [-0.39, 0.29) is 19.6 Å². The number of rotatable bonds is 42. The summed E-state index contributed by atoms with van der Waals surface area (Å²) in [5.41, 5.74) is 0. The van der Waals surface area contributed by atoms with Crippen molar-refractivity contribution >= 4 is 5.97 Å². The second-order valence-corrected chi connectivity index (χ2v) is 18.7. The number of esters is 1. The monoisotopic (exact) mass is 969 g/mol. The summed E-state index contributed by atoms with van der Waals surface area (Å²) >= 11 is 0. The van der Waals surface area contributed by atoms with Gasteiger partial charge in [-0.2, -0.15) is 0 Å². The lowest BCUT2D eigenvalue weighted by molar-refractivity contribution is -0.332. The Morgan fingerprint density at radius 1 is 0.485 bits per heavy atom. The Hall–Kier alpha value is -2.05. The molecule has 396 valence electrons. The van der Waals surface area contributed by atoms with Crippen LogP contribution in [-0.4, -0.2) is 142 Å². The molecular formula is C54H96O14. The molecule has 2 aliphatic rings. The lowest BCUT2D eigenvalue weighted by Gasteiger charge is -2.42. The van der Waals surface area contributed by atoms with Gasteiger partial charge in [-0.3, -0.25) is 4.79 Å². The van der Waals surface area contributed by atoms with E-state index in [0.717, 1.165) is 77.0 Å². The highest BCUT2D eigenvalue weighted by atomic mass is 16.7. The van der Waals surface area contributed by atoms with Gasteiger partial charge in [-0.15, -0.1) is 0 Å². The zero-order valence-electron chi connectivity index (χ0n) is 42.1. The Kier molecular flexibility index (Phi) is 37.9. The van der Waals surface area contributed by atoms with Gasteiger partial charge in [0, 0.05) is 13.0 Å². The summed E-state index contributed by atoms with van der Waals surface area (Å²) in [6, 6.07) is 0. The van der Waals surface area contributed by atoms with Crippen LogP contribution in [0.25, 0.3) is 0 Å². The van der Waals surface area contributed by atoms with Crippen molar-refractivity contribution in [1.29, 1.82) is 0 Å². The molecule has 2 heterocycles. The van der Waals surface area contributed by atoms with E-state index in [2.05, 4.69) is 62.5 Å². The molecule has 2 saturated heterocycles. The van der Waals surface area contributed by atoms with E-state index in [1.165, 1.54) is 83.5 Å². The lowest BCUT2D eigenvalue weighted by atomic mass is 9.98. The molecule has 0 radical (unpaired) electrons. The van der Waals surface area contributed by atoms with Gasteiger partial charge >= 0.3 is 5.97 Å². The van der Waals surface area contributed by atoms with Crippen LogP contribution in [0.15, 0.2) is 48.6 Å². The van der Waals surface area contributed by atoms with Crippen molar-refractivity contribution in [3.8, 4) is 0 Å². The third-order valence-electron chi connectivity index (χ3n) is 12.6. The number of ether oxygens (including phenoxy) is 6. The van der Waals surface area contributed by atoms with E-state index in [0.29, 0.717) is 13.0 Å². The number of unbranched alkanes of at least 4 members (excludes halogenated alkanes) is 20. The van der Waals surface area contributed by atoms with Gasteiger partial charge in [-0.1, -0.05) is 152 Å². The van der Waals surface area contributed by atoms with Crippen LogP contribution in [0.4, 0.5) is 0 Å². The van der Waals surface area contributed by atoms with Crippen LogP contribution in [0.1, 0.15) is 187 Å². The predicted octanol–water partition coefficient (Wildman–Crippen LogP) is 8.35. The number of aliphatic hydroxyl groups is 7. The van der Waals surface area contributed by atoms with Crippen molar-refractivity contribution < 1.29 is 69.0 Å². The first kappa shape index (κ1) is 62.1. The first-order valence-electron chi connectivity index (χ1n) is 26.7. The van der Waals surface area contributed by atoms with Gasteiger partial charge in [0.25, 0.3) is 0 Å². The molecule has 0 aliphatic carbocycles. The molecule has 2 fully saturated rings. The normalized spacial score (nSPS) is 26.2. The number of aliphatic hydroxyl groups excluding tert-OH is 7. The summed E-state index contributed by atoms with van der Waals surface area (Å²) < 4.78 is 34.3. The second kappa shape index (κ2) is 41.6. The Labute approximate surface area is 410 Å². The molecule has 68 heavy (non-hydrogen) atoms. The van der Waals surface area contributed by atoms with Gasteiger partial charge in [0.15, 0.2) is 12.6 Å². The van der Waals surface area contributed by atoms with Crippen molar-refractivity contribution in [2.45, 2.75) is 255 Å². The van der Waals surface area contributed by atoms with Gasteiger partial charge in [0.05, 0.1) is 26.4 Å². The van der Waals surface area contributed by atoms with Crippen LogP contribution in [0.2, 0.25) is 0 Å². The summed E-state index contributed by atoms with van der Waals surface area (Å²) in [5.74, 6) is -0.391. The highest BCUT2D eigenvalue weighted by molar-refractivity contribution is 5.69. The number of carbonyl (C=O) groups is 1. The summed E-state index contributed by atoms with van der Waals surface area (Å²) in [6.07, 6.45) is 31.7. The largest absolute Gasteiger partial charge is 0.457 e. The molecule has 0 spiro atoms. The molecule has 2 aliphatic heterocycles. The molecule has 0 amide bonds. The average Bonchev–Trinajstić information content (AvgIpc) is 3.33. The summed E-state index contributed by atoms with van der Waals surface area (Å²) in [5, 5.41) is 72.1. The molecular weight excluding hydrogens is 873 g/mol. The third kappa shape index (κ3) is 28.7. The van der Waals surface area contributed by atoms with Crippen molar-refractivity contribution in [3.63, 3.8) is 0 Å². The maximum atomic E-state index is 13.0. The SMILES string of the molecule is CCCCC/C=C\CCCCCCCC(=O)OC(COCCCCCCCCC/C=C\C/C=C\C/C=C\CCCCCCC)COC1OC(COC2OC(CO)C(O)C(O)C2O)C(O)C(O)C1O. The minimum Gasteiger partial charge on any atom is -0.457 e. The maximum Gasteiger partial charge on any atom is 0.306 e. The van der Waals surface area contributed by atoms with Crippen molar-refractivity contribution in [2.75, 3.05) is 33.0 Å². The zero-order valence-corrected chi connectivity index (χ0v) is 42.1. The van der Waals surface area contributed by atoms with Gasteiger partial charge < -0.3 is 64.2 Å². The fourth-order valence-electron chi connectivity index (χ4n) is 8.17. The minimum absolute atomic E-state index is 0.0506. The van der Waals surface area contributed by atoms with Crippen LogP contribution >= 0.6 is 0 Å². The van der Waals surface area contributed by atoms with Gasteiger partial charge in [-0.25, -0.2) is 0 Å². The Morgan fingerprint density at radius 3 is 1.47 bits per heavy atom. The number of allylic oxidation sites excluding steroid dienone is 8. The van der Waals surface area contributed by atoms with Crippen LogP contribution in [0.5, 0.6) is 0 Å². The van der Waals surface area contributed by atoms with E-state index in [1.54, 1.807) is 0 Å². The zero-order chi connectivity index (χ0) is 49.5. The second-order valence-electron chi connectivity index (χ2n) is 18.7. The molecule has 0 bridgehead atoms. The van der Waals surface area contributed by atoms with Crippen LogP contribution < -0.4 is 0 Å². The fraction of sp³-hybridized carbons (Fsp3) is 0.833. The molecule has 0 aromatic carbocycles. The van der Waals surface area contributed by atoms with E-state index in [4.69, 9.17) is 28.4 Å². The van der Waals surface area contributed by atoms with Gasteiger partial charge in [0.2, 0.25) is 0 Å². The molecule has 14 nitrogen and oxygen atoms in total. The standard InChI is InChI=1S/C54H96O14/c1-3-5-7-9-11-13-15-17-18-19-20-21-22-23-24-25-26-28-30-32-34-36-38-63-40-43(66-46(56)37-35-33-31-29-27-16-14-12-10-8-6-4-2)41-64-53-52(62)50(60)48(58)45(68-53)42-65-54-51(61)49(59)47(57)44(39-55)67-54/h12,14-15,17,19-20,22-23,43-45,47-55,57-62H,3-11,13,16,18,21,24-42H2,1-2H3/b14-12-,17-15-,20-19-,23-22-. The summed E-state index contributed by atoms with van der Waals surface area (Å²) in [6.45, 7) is 3.61. The molecule has 11 atom stereocenters. The molecule has 7 N–H and O–H groups in total. The topological polar surface area (TPSA) is 214 Å². The Balaban J connectivity index is 1.74. The predicted molar refractivity (Wildman–Crippen MR) is 266 cm³/mol. The van der Waals surface area contributed by atoms with Gasteiger partial charge in [0.1, 0.15) is 54.9 Å². The first-order chi connectivity index (χ1) is 33.1. The van der Waals surface area contributed by atoms with Gasteiger partial charge in [-0.05, 0) is 77.0 Å². The molecule has 0 aromatic rings. The molecule has 11 unspecified atom stereocenters. The van der Waals surface area contributed by atoms with Crippen molar-refractivity contribution in [3.05, 3.63) is 48.6 Å². The molecule has 0 aromatic heterocycles. The van der Waals surface area contributed by atoms with E-state index in [9.17, 15) is 40.5 Å². The number of hydrogen-bond acceptors (Lipinski definition) is 14. The molecule has 2 rings (SSSR count). The average molecular weight is 969 g/mol. The maximum absolute atomic E-state index is 13.0. The fourth-order valence-corrected chi connectivity index (χ4v) is 8.17. The summed E-state index contributed by atoms with van der Waals surface area (Å²) in [7, 11) is 0. The van der Waals surface area contributed by atoms with E-state index in [1.807, 2.05) is 0 Å². The van der Waals surface area contributed by atoms with Crippen molar-refractivity contribution in [2.24, 2.45) is 0 Å². The molecule has 14 heteroatoms. The van der Waals surface area contributed by atoms with E-state index < -0.39 is 86.7 Å². The minimum atomic E-state index is -1.71. The molecule has 0 saturated carbocycles. The third-order valence-corrected chi connectivity index (χ3v) is 12.6. The van der Waals surface area contributed by atoms with E-state index >= 15 is 0 Å². The highest BCUT2D eigenvalue weighted by Crippen LogP contribution is 2.26.